The lowest BCUT2D eigenvalue weighted by Crippen LogP contribution is -2.38. The van der Waals surface area contributed by atoms with Crippen LogP contribution >= 0.6 is 11.3 Å². The van der Waals surface area contributed by atoms with E-state index in [-0.39, 0.29) is 17.4 Å². The number of aromatic nitrogens is 1. The van der Waals surface area contributed by atoms with Crippen molar-refractivity contribution in [3.63, 3.8) is 0 Å². The third-order valence-electron chi connectivity index (χ3n) is 6.80. The summed E-state index contributed by atoms with van der Waals surface area (Å²) in [6.45, 7) is 2.07. The first-order valence-electron chi connectivity index (χ1n) is 11.6. The number of fused-ring (bicyclic) bond motifs is 3. The molecule has 3 aromatic carbocycles. The molecule has 1 N–H and O–H groups in total. The minimum Gasteiger partial charge on any atom is -0.504 e. The summed E-state index contributed by atoms with van der Waals surface area (Å²) >= 11 is 1.35. The SMILES string of the molecule is COc1cccc(/C=c2\sc3n(c2=O)[C@H](c2ccc(C)cc2)C2=C(N=3)c3ccccc3CC2)c1O. The zero-order valence-corrected chi connectivity index (χ0v) is 20.3. The van der Waals surface area contributed by atoms with Crippen molar-refractivity contribution < 1.29 is 9.84 Å². The lowest BCUT2D eigenvalue weighted by molar-refractivity contribution is 0.373. The zero-order valence-electron chi connectivity index (χ0n) is 19.5. The van der Waals surface area contributed by atoms with Crippen LogP contribution in [0.2, 0.25) is 0 Å². The van der Waals surface area contributed by atoms with Gasteiger partial charge in [-0.05, 0) is 48.6 Å². The molecule has 0 unspecified atom stereocenters. The van der Waals surface area contributed by atoms with E-state index < -0.39 is 0 Å². The lowest BCUT2D eigenvalue weighted by Gasteiger charge is -2.30. The van der Waals surface area contributed by atoms with Crippen molar-refractivity contribution in [2.45, 2.75) is 25.8 Å². The van der Waals surface area contributed by atoms with Crippen molar-refractivity contribution in [2.75, 3.05) is 7.11 Å². The highest BCUT2D eigenvalue weighted by molar-refractivity contribution is 7.07. The molecular weight excluding hydrogens is 456 g/mol. The number of nitrogens with zero attached hydrogens (tertiary/aromatic N) is 2. The van der Waals surface area contributed by atoms with Crippen molar-refractivity contribution in [2.24, 2.45) is 4.99 Å². The van der Waals surface area contributed by atoms with Gasteiger partial charge in [-0.15, -0.1) is 0 Å². The molecule has 0 fully saturated rings. The number of ether oxygens (including phenoxy) is 1. The summed E-state index contributed by atoms with van der Waals surface area (Å²) in [7, 11) is 1.51. The smallest absolute Gasteiger partial charge is 0.271 e. The van der Waals surface area contributed by atoms with E-state index in [9.17, 15) is 9.90 Å². The normalized spacial score (nSPS) is 16.9. The molecule has 6 heteroatoms. The summed E-state index contributed by atoms with van der Waals surface area (Å²) < 4.78 is 7.59. The van der Waals surface area contributed by atoms with Gasteiger partial charge in [-0.3, -0.25) is 9.36 Å². The predicted molar refractivity (Wildman–Crippen MR) is 139 cm³/mol. The maximum absolute atomic E-state index is 13.8. The van der Waals surface area contributed by atoms with E-state index in [2.05, 4.69) is 49.4 Å². The molecule has 0 amide bonds. The highest BCUT2D eigenvalue weighted by atomic mass is 32.1. The molecule has 2 heterocycles. The number of benzene rings is 3. The Labute approximate surface area is 206 Å². The van der Waals surface area contributed by atoms with Gasteiger partial charge in [0.25, 0.3) is 5.56 Å². The Morgan fingerprint density at radius 1 is 1.06 bits per heavy atom. The van der Waals surface area contributed by atoms with Crippen LogP contribution in [0.5, 0.6) is 11.5 Å². The topological polar surface area (TPSA) is 63.8 Å². The lowest BCUT2D eigenvalue weighted by atomic mass is 9.83. The molecule has 1 atom stereocenters. The van der Waals surface area contributed by atoms with Gasteiger partial charge in [-0.1, -0.05) is 77.6 Å². The molecule has 1 aliphatic carbocycles. The minimum atomic E-state index is -0.212. The monoisotopic (exact) mass is 480 g/mol. The van der Waals surface area contributed by atoms with Gasteiger partial charge in [0.2, 0.25) is 0 Å². The molecule has 0 bridgehead atoms. The summed E-state index contributed by atoms with van der Waals surface area (Å²) in [6, 6.07) is 21.9. The highest BCUT2D eigenvalue weighted by Gasteiger charge is 2.32. The maximum atomic E-state index is 13.8. The van der Waals surface area contributed by atoms with Gasteiger partial charge in [0.1, 0.15) is 0 Å². The Kier molecular flexibility index (Phi) is 5.19. The Morgan fingerprint density at radius 3 is 2.66 bits per heavy atom. The van der Waals surface area contributed by atoms with E-state index >= 15 is 0 Å². The van der Waals surface area contributed by atoms with Crippen molar-refractivity contribution >= 4 is 23.1 Å². The first kappa shape index (κ1) is 21.6. The molecular formula is C29H24N2O3S. The van der Waals surface area contributed by atoms with E-state index in [1.165, 1.54) is 35.1 Å². The number of allylic oxidation sites excluding steroid dienone is 1. The van der Waals surface area contributed by atoms with Crippen LogP contribution in [0, 0.1) is 6.92 Å². The molecule has 1 aliphatic heterocycles. The van der Waals surface area contributed by atoms with Gasteiger partial charge in [0.15, 0.2) is 16.3 Å². The Morgan fingerprint density at radius 2 is 1.86 bits per heavy atom. The fraction of sp³-hybridized carbons (Fsp3) is 0.172. The molecule has 2 aliphatic rings. The molecule has 6 rings (SSSR count). The van der Waals surface area contributed by atoms with Gasteiger partial charge in [0, 0.05) is 11.1 Å². The van der Waals surface area contributed by atoms with Gasteiger partial charge in [-0.25, -0.2) is 4.99 Å². The fourth-order valence-corrected chi connectivity index (χ4v) is 6.02. The Balaban J connectivity index is 1.62. The summed E-state index contributed by atoms with van der Waals surface area (Å²) in [4.78, 5) is 19.5. The second-order valence-corrected chi connectivity index (χ2v) is 9.93. The maximum Gasteiger partial charge on any atom is 0.271 e. The van der Waals surface area contributed by atoms with Crippen LogP contribution in [0.1, 0.15) is 40.3 Å². The molecule has 0 saturated heterocycles. The zero-order chi connectivity index (χ0) is 24.1. The third kappa shape index (κ3) is 3.53. The number of rotatable bonds is 3. The molecule has 1 aromatic heterocycles. The van der Waals surface area contributed by atoms with Crippen LogP contribution in [0.4, 0.5) is 0 Å². The molecule has 174 valence electrons. The number of thiazole rings is 1. The van der Waals surface area contributed by atoms with Crippen LogP contribution in [0.25, 0.3) is 11.8 Å². The number of phenols is 1. The molecule has 0 radical (unpaired) electrons. The summed E-state index contributed by atoms with van der Waals surface area (Å²) in [6.07, 6.45) is 3.51. The highest BCUT2D eigenvalue weighted by Crippen LogP contribution is 2.41. The second-order valence-electron chi connectivity index (χ2n) is 8.92. The third-order valence-corrected chi connectivity index (χ3v) is 7.79. The van der Waals surface area contributed by atoms with Crippen molar-refractivity contribution in [1.29, 1.82) is 0 Å². The van der Waals surface area contributed by atoms with Crippen LogP contribution in [-0.2, 0) is 6.42 Å². The number of hydrogen-bond donors (Lipinski definition) is 1. The Hall–Kier alpha value is -3.90. The number of para-hydroxylation sites is 1. The summed E-state index contributed by atoms with van der Waals surface area (Å²) in [5.41, 5.74) is 7.28. The predicted octanol–water partition coefficient (Wildman–Crippen LogP) is 4.34. The Bertz CT molecular complexity index is 1680. The van der Waals surface area contributed by atoms with Gasteiger partial charge >= 0.3 is 0 Å². The first-order valence-corrected chi connectivity index (χ1v) is 12.4. The molecule has 5 nitrogen and oxygen atoms in total. The number of methoxy groups -OCH3 is 1. The number of aryl methyl sites for hydroxylation is 2. The van der Waals surface area contributed by atoms with Crippen molar-refractivity contribution in [3.05, 3.63) is 120 Å². The van der Waals surface area contributed by atoms with Crippen LogP contribution < -0.4 is 19.6 Å². The summed E-state index contributed by atoms with van der Waals surface area (Å²) in [5.74, 6) is 0.389. The van der Waals surface area contributed by atoms with Gasteiger partial charge < -0.3 is 9.84 Å². The van der Waals surface area contributed by atoms with Gasteiger partial charge in [-0.2, -0.15) is 0 Å². The van der Waals surface area contributed by atoms with Crippen LogP contribution in [0.15, 0.2) is 82.1 Å². The van der Waals surface area contributed by atoms with Crippen molar-refractivity contribution in [1.82, 2.24) is 4.57 Å². The fourth-order valence-electron chi connectivity index (χ4n) is 5.03. The van der Waals surface area contributed by atoms with E-state index in [4.69, 9.17) is 9.73 Å². The standard InChI is InChI=1S/C29H24N2O3S/c1-17-10-12-19(13-11-17)26-22-15-14-18-6-3-4-8-21(18)25(22)30-29-31(26)28(33)24(35-29)16-20-7-5-9-23(34-2)27(20)32/h3-13,16,26,32H,14-15H2,1-2H3/b24-16-/t26-/m1/s1. The van der Waals surface area contributed by atoms with E-state index in [1.54, 1.807) is 24.3 Å². The molecule has 35 heavy (non-hydrogen) atoms. The minimum absolute atomic E-state index is 0.0177. The molecule has 0 spiro atoms. The molecule has 0 saturated carbocycles. The quantitative estimate of drug-likeness (QED) is 0.475. The average Bonchev–Trinajstić information content (AvgIpc) is 3.19. The van der Waals surface area contributed by atoms with Crippen molar-refractivity contribution in [3.8, 4) is 11.5 Å². The molecule has 4 aromatic rings. The number of aromatic hydroxyl groups is 1. The number of phenolic OH excluding ortho intramolecular Hbond substituents is 1. The first-order chi connectivity index (χ1) is 17.0. The number of hydrogen-bond acceptors (Lipinski definition) is 5. The van der Waals surface area contributed by atoms with Gasteiger partial charge in [0.05, 0.1) is 23.4 Å². The van der Waals surface area contributed by atoms with Crippen LogP contribution in [-0.4, -0.2) is 16.8 Å². The van der Waals surface area contributed by atoms with Crippen LogP contribution in [0.3, 0.4) is 0 Å². The average molecular weight is 481 g/mol. The second kappa shape index (κ2) is 8.40. The van der Waals surface area contributed by atoms with E-state index in [0.717, 1.165) is 29.7 Å². The largest absolute Gasteiger partial charge is 0.504 e. The summed E-state index contributed by atoms with van der Waals surface area (Å²) in [5, 5.41) is 10.6. The van der Waals surface area contributed by atoms with E-state index in [0.29, 0.717) is 20.6 Å². The van der Waals surface area contributed by atoms with E-state index in [1.807, 2.05) is 10.6 Å².